The summed E-state index contributed by atoms with van der Waals surface area (Å²) in [5, 5.41) is 0. The highest BCUT2D eigenvalue weighted by Crippen LogP contribution is 2.25. The van der Waals surface area contributed by atoms with Crippen LogP contribution in [0.4, 0.5) is 11.5 Å². The van der Waals surface area contributed by atoms with Crippen LogP contribution in [0.15, 0.2) is 53.6 Å². The van der Waals surface area contributed by atoms with Crippen LogP contribution in [-0.4, -0.2) is 33.0 Å². The zero-order chi connectivity index (χ0) is 17.9. The third-order valence-corrected chi connectivity index (χ3v) is 6.51. The number of sulfonamides is 1. The Kier molecular flexibility index (Phi) is 5.27. The van der Waals surface area contributed by atoms with E-state index >= 15 is 0 Å². The van der Waals surface area contributed by atoms with Crippen LogP contribution in [0.3, 0.4) is 0 Å². The molecule has 5 nitrogen and oxygen atoms in total. The van der Waals surface area contributed by atoms with Crippen LogP contribution in [0.1, 0.15) is 26.7 Å². The molecule has 1 fully saturated rings. The van der Waals surface area contributed by atoms with Gasteiger partial charge in [0.15, 0.2) is 0 Å². The lowest BCUT2D eigenvalue weighted by atomic mass is 10.0. The minimum absolute atomic E-state index is 0.229. The molecule has 0 saturated carbocycles. The van der Waals surface area contributed by atoms with Crippen LogP contribution >= 0.6 is 0 Å². The van der Waals surface area contributed by atoms with Crippen LogP contribution in [0.5, 0.6) is 0 Å². The Morgan fingerprint density at radius 2 is 1.96 bits per heavy atom. The smallest absolute Gasteiger partial charge is 0.265 e. The first-order valence-electron chi connectivity index (χ1n) is 8.81. The number of aromatic nitrogens is 1. The standard InChI is InChI=1S/C19H25N3O2S/c1-3-22(17-9-5-4-6-10-17)25(23,24)18-11-12-19(20-14-18)21-13-7-8-16(2)15-21/h4-6,9-12,14,16H,3,7-8,13,15H2,1-2H3. The van der Waals surface area contributed by atoms with Gasteiger partial charge in [0.25, 0.3) is 10.0 Å². The summed E-state index contributed by atoms with van der Waals surface area (Å²) < 4.78 is 27.4. The predicted octanol–water partition coefficient (Wildman–Crippen LogP) is 3.53. The first-order chi connectivity index (χ1) is 12.0. The van der Waals surface area contributed by atoms with Crippen molar-refractivity contribution >= 4 is 21.5 Å². The van der Waals surface area contributed by atoms with E-state index < -0.39 is 10.0 Å². The van der Waals surface area contributed by atoms with Gasteiger partial charge in [-0.1, -0.05) is 25.1 Å². The van der Waals surface area contributed by atoms with Crippen molar-refractivity contribution < 1.29 is 8.42 Å². The van der Waals surface area contributed by atoms with E-state index in [4.69, 9.17) is 0 Å². The largest absolute Gasteiger partial charge is 0.356 e. The van der Waals surface area contributed by atoms with E-state index in [2.05, 4.69) is 16.8 Å². The van der Waals surface area contributed by atoms with Crippen molar-refractivity contribution in [3.8, 4) is 0 Å². The fourth-order valence-electron chi connectivity index (χ4n) is 3.32. The van der Waals surface area contributed by atoms with Crippen molar-refractivity contribution in [1.82, 2.24) is 4.98 Å². The number of nitrogens with zero attached hydrogens (tertiary/aromatic N) is 3. The van der Waals surface area contributed by atoms with Gasteiger partial charge in [-0.3, -0.25) is 4.31 Å². The predicted molar refractivity (Wildman–Crippen MR) is 101 cm³/mol. The molecule has 0 radical (unpaired) electrons. The lowest BCUT2D eigenvalue weighted by Crippen LogP contribution is -2.35. The number of para-hydroxylation sites is 1. The molecule has 25 heavy (non-hydrogen) atoms. The molecule has 1 aliphatic heterocycles. The Labute approximate surface area is 150 Å². The zero-order valence-electron chi connectivity index (χ0n) is 14.8. The number of hydrogen-bond acceptors (Lipinski definition) is 4. The van der Waals surface area contributed by atoms with Gasteiger partial charge < -0.3 is 4.90 Å². The fourth-order valence-corrected chi connectivity index (χ4v) is 4.74. The molecular weight excluding hydrogens is 334 g/mol. The van der Waals surface area contributed by atoms with Crippen molar-refractivity contribution in [1.29, 1.82) is 0 Å². The lowest BCUT2D eigenvalue weighted by molar-refractivity contribution is 0.444. The summed E-state index contributed by atoms with van der Waals surface area (Å²) in [4.78, 5) is 6.90. The van der Waals surface area contributed by atoms with E-state index in [1.807, 2.05) is 31.2 Å². The molecule has 0 N–H and O–H groups in total. The van der Waals surface area contributed by atoms with Gasteiger partial charge in [0.05, 0.1) is 5.69 Å². The van der Waals surface area contributed by atoms with E-state index in [0.29, 0.717) is 18.2 Å². The molecule has 1 aromatic heterocycles. The molecular formula is C19H25N3O2S. The Hall–Kier alpha value is -2.08. The average molecular weight is 359 g/mol. The summed E-state index contributed by atoms with van der Waals surface area (Å²) in [5.74, 6) is 1.50. The summed E-state index contributed by atoms with van der Waals surface area (Å²) in [6, 6.07) is 12.7. The molecule has 1 aliphatic rings. The molecule has 6 heteroatoms. The van der Waals surface area contributed by atoms with Crippen molar-refractivity contribution in [3.05, 3.63) is 48.7 Å². The Bertz CT molecular complexity index is 791. The van der Waals surface area contributed by atoms with Gasteiger partial charge in [0.1, 0.15) is 10.7 Å². The lowest BCUT2D eigenvalue weighted by Gasteiger charge is -2.32. The molecule has 1 saturated heterocycles. The molecule has 1 aromatic carbocycles. The van der Waals surface area contributed by atoms with Gasteiger partial charge in [0, 0.05) is 25.8 Å². The minimum atomic E-state index is -3.61. The second-order valence-electron chi connectivity index (χ2n) is 6.55. The Balaban J connectivity index is 1.85. The van der Waals surface area contributed by atoms with Gasteiger partial charge in [-0.15, -0.1) is 0 Å². The average Bonchev–Trinajstić information content (AvgIpc) is 2.63. The topological polar surface area (TPSA) is 53.5 Å². The molecule has 134 valence electrons. The maximum Gasteiger partial charge on any atom is 0.265 e. The van der Waals surface area contributed by atoms with Crippen molar-refractivity contribution in [2.75, 3.05) is 28.8 Å². The van der Waals surface area contributed by atoms with Gasteiger partial charge >= 0.3 is 0 Å². The number of hydrogen-bond donors (Lipinski definition) is 0. The molecule has 0 spiro atoms. The van der Waals surface area contributed by atoms with Crippen LogP contribution in [0.2, 0.25) is 0 Å². The highest BCUT2D eigenvalue weighted by Gasteiger charge is 2.24. The molecule has 3 rings (SSSR count). The number of piperidine rings is 1. The molecule has 0 bridgehead atoms. The molecule has 1 atom stereocenters. The first kappa shape index (κ1) is 17.7. The summed E-state index contributed by atoms with van der Waals surface area (Å²) in [6.45, 7) is 6.40. The second-order valence-corrected chi connectivity index (χ2v) is 8.41. The number of anilines is 2. The van der Waals surface area contributed by atoms with Crippen molar-refractivity contribution in [2.24, 2.45) is 5.92 Å². The molecule has 0 aliphatic carbocycles. The Morgan fingerprint density at radius 3 is 2.56 bits per heavy atom. The van der Waals surface area contributed by atoms with Crippen molar-refractivity contribution in [3.63, 3.8) is 0 Å². The number of rotatable bonds is 5. The normalized spacial score (nSPS) is 18.2. The fraction of sp³-hybridized carbons (Fsp3) is 0.421. The molecule has 2 aromatic rings. The third-order valence-electron chi connectivity index (χ3n) is 4.62. The summed E-state index contributed by atoms with van der Waals surface area (Å²) >= 11 is 0. The molecule has 0 amide bonds. The van der Waals surface area contributed by atoms with Gasteiger partial charge in [-0.2, -0.15) is 0 Å². The summed E-state index contributed by atoms with van der Waals surface area (Å²) in [7, 11) is -3.61. The maximum atomic E-state index is 13.0. The summed E-state index contributed by atoms with van der Waals surface area (Å²) in [6.07, 6.45) is 3.88. The quantitative estimate of drug-likeness (QED) is 0.819. The first-order valence-corrected chi connectivity index (χ1v) is 10.2. The maximum absolute atomic E-state index is 13.0. The van der Waals surface area contributed by atoms with E-state index in [1.54, 1.807) is 18.2 Å². The zero-order valence-corrected chi connectivity index (χ0v) is 15.6. The van der Waals surface area contributed by atoms with E-state index in [9.17, 15) is 8.42 Å². The van der Waals surface area contributed by atoms with Crippen LogP contribution < -0.4 is 9.21 Å². The third kappa shape index (κ3) is 3.79. The highest BCUT2D eigenvalue weighted by atomic mass is 32.2. The number of benzene rings is 1. The van der Waals surface area contributed by atoms with Gasteiger partial charge in [-0.25, -0.2) is 13.4 Å². The van der Waals surface area contributed by atoms with E-state index in [0.717, 1.165) is 25.3 Å². The van der Waals surface area contributed by atoms with Crippen LogP contribution in [0.25, 0.3) is 0 Å². The molecule has 1 unspecified atom stereocenters. The van der Waals surface area contributed by atoms with Crippen molar-refractivity contribution in [2.45, 2.75) is 31.6 Å². The highest BCUT2D eigenvalue weighted by molar-refractivity contribution is 7.92. The SMILES string of the molecule is CCN(c1ccccc1)S(=O)(=O)c1ccc(N2CCCC(C)C2)nc1. The Morgan fingerprint density at radius 1 is 1.20 bits per heavy atom. The van der Waals surface area contributed by atoms with E-state index in [-0.39, 0.29) is 4.90 Å². The molecule has 2 heterocycles. The monoisotopic (exact) mass is 359 g/mol. The number of pyridine rings is 1. The summed E-state index contributed by atoms with van der Waals surface area (Å²) in [5.41, 5.74) is 0.666. The van der Waals surface area contributed by atoms with E-state index in [1.165, 1.54) is 16.9 Å². The van der Waals surface area contributed by atoms with Crippen LogP contribution in [-0.2, 0) is 10.0 Å². The second kappa shape index (κ2) is 7.44. The van der Waals surface area contributed by atoms with Crippen LogP contribution in [0, 0.1) is 5.92 Å². The minimum Gasteiger partial charge on any atom is -0.356 e. The van der Waals surface area contributed by atoms with Gasteiger partial charge in [0.2, 0.25) is 0 Å². The van der Waals surface area contributed by atoms with Gasteiger partial charge in [-0.05, 0) is 49.9 Å².